The number of hydrogen-bond acceptors (Lipinski definition) is 5. The molecule has 3 N–H and O–H groups in total. The third kappa shape index (κ3) is 3.78. The van der Waals surface area contributed by atoms with Crippen molar-refractivity contribution in [1.82, 2.24) is 5.32 Å². The number of carbonyl (C=O) groups excluding carboxylic acids is 2. The number of rotatable bonds is 5. The maximum atomic E-state index is 11.7. The molecular formula is C12H13NO6. The van der Waals surface area contributed by atoms with E-state index in [-0.39, 0.29) is 11.1 Å². The molecule has 1 aromatic rings. The molecule has 102 valence electrons. The molecule has 1 aromatic carbocycles. The van der Waals surface area contributed by atoms with E-state index in [0.29, 0.717) is 0 Å². The fourth-order valence-electron chi connectivity index (χ4n) is 1.33. The molecule has 0 aliphatic carbocycles. The first kappa shape index (κ1) is 14.7. The molecule has 19 heavy (non-hydrogen) atoms. The molecule has 0 saturated heterocycles. The zero-order valence-corrected chi connectivity index (χ0v) is 10.1. The minimum Gasteiger partial charge on any atom is -0.480 e. The number of amides is 1. The number of carbonyl (C=O) groups is 3. The van der Waals surface area contributed by atoms with E-state index in [1.54, 1.807) is 0 Å². The zero-order valence-electron chi connectivity index (χ0n) is 10.1. The van der Waals surface area contributed by atoms with Gasteiger partial charge < -0.3 is 20.3 Å². The summed E-state index contributed by atoms with van der Waals surface area (Å²) in [6.45, 7) is -0.724. The van der Waals surface area contributed by atoms with Gasteiger partial charge in [-0.3, -0.25) is 4.79 Å². The smallest absolute Gasteiger partial charge is 0.337 e. The van der Waals surface area contributed by atoms with Crippen LogP contribution in [0, 0.1) is 0 Å². The number of aliphatic hydroxyl groups excluding tert-OH is 1. The fourth-order valence-corrected chi connectivity index (χ4v) is 1.33. The van der Waals surface area contributed by atoms with Crippen molar-refractivity contribution in [2.45, 2.75) is 6.04 Å². The maximum Gasteiger partial charge on any atom is 0.337 e. The third-order valence-electron chi connectivity index (χ3n) is 2.33. The van der Waals surface area contributed by atoms with E-state index in [1.807, 2.05) is 0 Å². The minimum absolute atomic E-state index is 0.0996. The molecular weight excluding hydrogens is 254 g/mol. The van der Waals surface area contributed by atoms with Gasteiger partial charge >= 0.3 is 11.9 Å². The standard InChI is InChI=1S/C12H13NO6/c1-19-12(18)8-4-2-3-7(5-8)10(15)13-9(6-14)11(16)17/h2-5,9,14H,6H2,1H3,(H,13,15)(H,16,17). The van der Waals surface area contributed by atoms with Crippen LogP contribution in [0.2, 0.25) is 0 Å². The van der Waals surface area contributed by atoms with E-state index in [4.69, 9.17) is 10.2 Å². The quantitative estimate of drug-likeness (QED) is 0.628. The Morgan fingerprint density at radius 3 is 2.47 bits per heavy atom. The second-order valence-electron chi connectivity index (χ2n) is 3.62. The number of methoxy groups -OCH3 is 1. The third-order valence-corrected chi connectivity index (χ3v) is 2.33. The van der Waals surface area contributed by atoms with E-state index >= 15 is 0 Å². The van der Waals surface area contributed by atoms with Gasteiger partial charge in [0.05, 0.1) is 19.3 Å². The lowest BCUT2D eigenvalue weighted by molar-refractivity contribution is -0.140. The maximum absolute atomic E-state index is 11.7. The second kappa shape index (κ2) is 6.50. The predicted molar refractivity (Wildman–Crippen MR) is 63.8 cm³/mol. The van der Waals surface area contributed by atoms with Gasteiger partial charge in [-0.1, -0.05) is 6.07 Å². The van der Waals surface area contributed by atoms with Crippen molar-refractivity contribution in [3.8, 4) is 0 Å². The SMILES string of the molecule is COC(=O)c1cccc(C(=O)NC(CO)C(=O)O)c1. The van der Waals surface area contributed by atoms with E-state index in [2.05, 4.69) is 10.1 Å². The van der Waals surface area contributed by atoms with Crippen LogP contribution in [-0.2, 0) is 9.53 Å². The Balaban J connectivity index is 2.88. The molecule has 0 fully saturated rings. The Hall–Kier alpha value is -2.41. The highest BCUT2D eigenvalue weighted by atomic mass is 16.5. The van der Waals surface area contributed by atoms with Gasteiger partial charge in [-0.15, -0.1) is 0 Å². The lowest BCUT2D eigenvalue weighted by Crippen LogP contribution is -2.43. The molecule has 0 spiro atoms. The molecule has 0 aromatic heterocycles. The van der Waals surface area contributed by atoms with Crippen LogP contribution in [0.1, 0.15) is 20.7 Å². The summed E-state index contributed by atoms with van der Waals surface area (Å²) in [7, 11) is 1.21. The molecule has 0 aliphatic rings. The summed E-state index contributed by atoms with van der Waals surface area (Å²) >= 11 is 0. The highest BCUT2D eigenvalue weighted by Gasteiger charge is 2.20. The summed E-state index contributed by atoms with van der Waals surface area (Å²) in [5, 5.41) is 19.6. The van der Waals surface area contributed by atoms with Crippen molar-refractivity contribution in [1.29, 1.82) is 0 Å². The van der Waals surface area contributed by atoms with Gasteiger partial charge in [0.25, 0.3) is 5.91 Å². The molecule has 0 bridgehead atoms. The number of carboxylic acid groups (broad SMARTS) is 1. The highest BCUT2D eigenvalue weighted by molar-refractivity contribution is 5.99. The number of aliphatic carboxylic acids is 1. The minimum atomic E-state index is -1.39. The van der Waals surface area contributed by atoms with Gasteiger partial charge in [0, 0.05) is 5.56 Å². The number of esters is 1. The lowest BCUT2D eigenvalue weighted by Gasteiger charge is -2.11. The largest absolute Gasteiger partial charge is 0.480 e. The predicted octanol–water partition coefficient (Wildman–Crippen LogP) is -0.352. The summed E-state index contributed by atoms with van der Waals surface area (Å²) in [6, 6.07) is 4.23. The van der Waals surface area contributed by atoms with Crippen LogP contribution in [0.4, 0.5) is 0 Å². The monoisotopic (exact) mass is 267 g/mol. The summed E-state index contributed by atoms with van der Waals surface area (Å²) in [4.78, 5) is 33.7. The average Bonchev–Trinajstić information content (AvgIpc) is 2.43. The first-order valence-corrected chi connectivity index (χ1v) is 5.32. The van der Waals surface area contributed by atoms with E-state index in [0.717, 1.165) is 0 Å². The Morgan fingerprint density at radius 1 is 1.32 bits per heavy atom. The van der Waals surface area contributed by atoms with Crippen molar-refractivity contribution in [3.05, 3.63) is 35.4 Å². The number of carboxylic acids is 1. The van der Waals surface area contributed by atoms with Crippen molar-refractivity contribution >= 4 is 17.8 Å². The van der Waals surface area contributed by atoms with Crippen LogP contribution in [0.15, 0.2) is 24.3 Å². The first-order valence-electron chi connectivity index (χ1n) is 5.32. The van der Waals surface area contributed by atoms with Crippen LogP contribution in [0.25, 0.3) is 0 Å². The second-order valence-corrected chi connectivity index (χ2v) is 3.62. The molecule has 1 amide bonds. The number of hydrogen-bond donors (Lipinski definition) is 3. The van der Waals surface area contributed by atoms with Crippen molar-refractivity contribution < 1.29 is 29.3 Å². The molecule has 0 radical (unpaired) electrons. The van der Waals surface area contributed by atoms with Gasteiger partial charge in [-0.25, -0.2) is 9.59 Å². The van der Waals surface area contributed by atoms with E-state index in [9.17, 15) is 14.4 Å². The van der Waals surface area contributed by atoms with E-state index < -0.39 is 30.5 Å². The molecule has 1 unspecified atom stereocenters. The number of benzene rings is 1. The number of aliphatic hydroxyl groups is 1. The van der Waals surface area contributed by atoms with Crippen LogP contribution >= 0.6 is 0 Å². The van der Waals surface area contributed by atoms with Crippen LogP contribution < -0.4 is 5.32 Å². The summed E-state index contributed by atoms with van der Waals surface area (Å²) in [6.07, 6.45) is 0. The summed E-state index contributed by atoms with van der Waals surface area (Å²) in [5.41, 5.74) is 0.272. The number of ether oxygens (including phenoxy) is 1. The molecule has 1 atom stereocenters. The Morgan fingerprint density at radius 2 is 1.95 bits per heavy atom. The van der Waals surface area contributed by atoms with Crippen molar-refractivity contribution in [2.75, 3.05) is 13.7 Å². The van der Waals surface area contributed by atoms with Crippen molar-refractivity contribution in [3.63, 3.8) is 0 Å². The van der Waals surface area contributed by atoms with Crippen LogP contribution in [0.3, 0.4) is 0 Å². The van der Waals surface area contributed by atoms with Gasteiger partial charge in [-0.05, 0) is 18.2 Å². The zero-order chi connectivity index (χ0) is 14.4. The number of nitrogens with one attached hydrogen (secondary N) is 1. The van der Waals surface area contributed by atoms with E-state index in [1.165, 1.54) is 31.4 Å². The first-order chi connectivity index (χ1) is 8.99. The fraction of sp³-hybridized carbons (Fsp3) is 0.250. The molecule has 0 saturated carbocycles. The molecule has 1 rings (SSSR count). The van der Waals surface area contributed by atoms with Crippen molar-refractivity contribution in [2.24, 2.45) is 0 Å². The Kier molecular flexibility index (Phi) is 5.01. The molecule has 0 aliphatic heterocycles. The Bertz CT molecular complexity index is 499. The summed E-state index contributed by atoms with van der Waals surface area (Å²) in [5.74, 6) is -2.65. The summed E-state index contributed by atoms with van der Waals surface area (Å²) < 4.78 is 4.51. The lowest BCUT2D eigenvalue weighted by atomic mass is 10.1. The molecule has 7 heteroatoms. The highest BCUT2D eigenvalue weighted by Crippen LogP contribution is 2.07. The van der Waals surface area contributed by atoms with Gasteiger partial charge in [0.1, 0.15) is 0 Å². The normalized spacial score (nSPS) is 11.5. The van der Waals surface area contributed by atoms with Crippen LogP contribution in [-0.4, -0.2) is 47.8 Å². The topological polar surface area (TPSA) is 113 Å². The van der Waals surface area contributed by atoms with Gasteiger partial charge in [0.2, 0.25) is 0 Å². The molecule has 0 heterocycles. The van der Waals surface area contributed by atoms with Gasteiger partial charge in [0.15, 0.2) is 6.04 Å². The molecule has 7 nitrogen and oxygen atoms in total. The van der Waals surface area contributed by atoms with Crippen LogP contribution in [0.5, 0.6) is 0 Å². The average molecular weight is 267 g/mol. The van der Waals surface area contributed by atoms with Gasteiger partial charge in [-0.2, -0.15) is 0 Å². The Labute approximate surface area is 108 Å².